The molecule has 18 heavy (non-hydrogen) atoms. The molecule has 1 aromatic carbocycles. The fourth-order valence-electron chi connectivity index (χ4n) is 1.38. The van der Waals surface area contributed by atoms with E-state index < -0.39 is 5.97 Å². The fourth-order valence-corrected chi connectivity index (χ4v) is 2.05. The summed E-state index contributed by atoms with van der Waals surface area (Å²) in [4.78, 5) is 11.8. The average Bonchev–Trinajstić information content (AvgIpc) is 2.90. The standard InChI is InChI=1S/C13H12N2O2S/c1-9(12-3-2-8-18-12)14-15-11-6-4-10(5-7-11)13(16)17/h2-8,15H,1H3,(H,16,17)/b14-9-. The second-order valence-electron chi connectivity index (χ2n) is 3.67. The molecule has 0 saturated heterocycles. The zero-order valence-electron chi connectivity index (χ0n) is 9.75. The van der Waals surface area contributed by atoms with Crippen LogP contribution in [0.15, 0.2) is 46.9 Å². The summed E-state index contributed by atoms with van der Waals surface area (Å²) in [6.45, 7) is 1.92. The van der Waals surface area contributed by atoms with E-state index in [1.165, 1.54) is 0 Å². The van der Waals surface area contributed by atoms with Gasteiger partial charge in [0.2, 0.25) is 0 Å². The Hall–Kier alpha value is -2.14. The molecule has 5 heteroatoms. The third kappa shape index (κ3) is 2.95. The molecular formula is C13H12N2O2S. The number of carboxylic acid groups (broad SMARTS) is 1. The first-order chi connectivity index (χ1) is 8.66. The molecule has 2 aromatic rings. The van der Waals surface area contributed by atoms with E-state index in [9.17, 15) is 4.79 Å². The lowest BCUT2D eigenvalue weighted by Gasteiger charge is -2.02. The summed E-state index contributed by atoms with van der Waals surface area (Å²) in [5.41, 5.74) is 4.82. The smallest absolute Gasteiger partial charge is 0.335 e. The molecule has 0 saturated carbocycles. The zero-order valence-corrected chi connectivity index (χ0v) is 10.6. The van der Waals surface area contributed by atoms with Crippen molar-refractivity contribution in [1.29, 1.82) is 0 Å². The molecule has 0 bridgehead atoms. The van der Waals surface area contributed by atoms with Gasteiger partial charge in [-0.25, -0.2) is 4.79 Å². The summed E-state index contributed by atoms with van der Waals surface area (Å²) < 4.78 is 0. The van der Waals surface area contributed by atoms with Crippen molar-refractivity contribution in [3.8, 4) is 0 Å². The molecule has 4 nitrogen and oxygen atoms in total. The molecule has 0 atom stereocenters. The van der Waals surface area contributed by atoms with Gasteiger partial charge < -0.3 is 5.11 Å². The fraction of sp³-hybridized carbons (Fsp3) is 0.0769. The zero-order chi connectivity index (χ0) is 13.0. The van der Waals surface area contributed by atoms with Gasteiger partial charge in [-0.1, -0.05) is 6.07 Å². The number of nitrogens with zero attached hydrogens (tertiary/aromatic N) is 1. The van der Waals surface area contributed by atoms with Gasteiger partial charge in [-0.05, 0) is 42.6 Å². The lowest BCUT2D eigenvalue weighted by Crippen LogP contribution is -1.99. The molecule has 0 unspecified atom stereocenters. The molecule has 0 spiro atoms. The number of anilines is 1. The number of carbonyl (C=O) groups is 1. The first-order valence-electron chi connectivity index (χ1n) is 5.34. The van der Waals surface area contributed by atoms with Crippen LogP contribution in [0.3, 0.4) is 0 Å². The molecule has 92 valence electrons. The predicted molar refractivity (Wildman–Crippen MR) is 73.6 cm³/mol. The number of carboxylic acids is 1. The number of hydrazone groups is 1. The van der Waals surface area contributed by atoms with Crippen LogP contribution in [-0.2, 0) is 0 Å². The summed E-state index contributed by atoms with van der Waals surface area (Å²) in [5, 5.41) is 15.0. The van der Waals surface area contributed by atoms with E-state index in [4.69, 9.17) is 5.11 Å². The molecule has 0 aliphatic carbocycles. The molecule has 0 radical (unpaired) electrons. The summed E-state index contributed by atoms with van der Waals surface area (Å²) in [6, 6.07) is 10.4. The lowest BCUT2D eigenvalue weighted by molar-refractivity contribution is 0.0697. The maximum absolute atomic E-state index is 10.7. The van der Waals surface area contributed by atoms with Gasteiger partial charge in [-0.2, -0.15) is 5.10 Å². The SMILES string of the molecule is C/C(=N/Nc1ccc(C(=O)O)cc1)c1cccs1. The Morgan fingerprint density at radius 2 is 2.00 bits per heavy atom. The first kappa shape index (κ1) is 12.3. The molecule has 1 aromatic heterocycles. The van der Waals surface area contributed by atoms with E-state index in [0.29, 0.717) is 0 Å². The Kier molecular flexibility index (Phi) is 3.74. The maximum Gasteiger partial charge on any atom is 0.335 e. The van der Waals surface area contributed by atoms with Crippen molar-refractivity contribution in [2.24, 2.45) is 5.10 Å². The van der Waals surface area contributed by atoms with Crippen molar-refractivity contribution < 1.29 is 9.90 Å². The van der Waals surface area contributed by atoms with Crippen molar-refractivity contribution in [3.63, 3.8) is 0 Å². The van der Waals surface area contributed by atoms with Crippen LogP contribution in [0.4, 0.5) is 5.69 Å². The van der Waals surface area contributed by atoms with Crippen molar-refractivity contribution in [2.45, 2.75) is 6.92 Å². The van der Waals surface area contributed by atoms with Crippen LogP contribution in [0, 0.1) is 0 Å². The largest absolute Gasteiger partial charge is 0.478 e. The molecule has 0 fully saturated rings. The third-order valence-corrected chi connectivity index (χ3v) is 3.34. The number of benzene rings is 1. The minimum absolute atomic E-state index is 0.263. The monoisotopic (exact) mass is 260 g/mol. The van der Waals surface area contributed by atoms with E-state index in [-0.39, 0.29) is 5.56 Å². The average molecular weight is 260 g/mol. The number of thiophene rings is 1. The maximum atomic E-state index is 10.7. The van der Waals surface area contributed by atoms with Gasteiger partial charge >= 0.3 is 5.97 Å². The van der Waals surface area contributed by atoms with E-state index in [1.807, 2.05) is 24.4 Å². The van der Waals surface area contributed by atoms with Gasteiger partial charge in [-0.15, -0.1) is 11.3 Å². The van der Waals surface area contributed by atoms with Gasteiger partial charge in [0.25, 0.3) is 0 Å². The number of rotatable bonds is 4. The number of hydrogen-bond acceptors (Lipinski definition) is 4. The highest BCUT2D eigenvalue weighted by Crippen LogP contribution is 2.12. The van der Waals surface area contributed by atoms with Crippen LogP contribution in [-0.4, -0.2) is 16.8 Å². The third-order valence-electron chi connectivity index (χ3n) is 2.36. The number of hydrogen-bond donors (Lipinski definition) is 2. The minimum Gasteiger partial charge on any atom is -0.478 e. The minimum atomic E-state index is -0.931. The molecular weight excluding hydrogens is 248 g/mol. The second kappa shape index (κ2) is 5.46. The Morgan fingerprint density at radius 3 is 2.56 bits per heavy atom. The summed E-state index contributed by atoms with van der Waals surface area (Å²) in [5.74, 6) is -0.931. The highest BCUT2D eigenvalue weighted by Gasteiger charge is 2.01. The highest BCUT2D eigenvalue weighted by molar-refractivity contribution is 7.12. The molecule has 2 N–H and O–H groups in total. The molecule has 1 heterocycles. The molecule has 0 aliphatic rings. The van der Waals surface area contributed by atoms with E-state index in [1.54, 1.807) is 35.6 Å². The Bertz CT molecular complexity index is 559. The van der Waals surface area contributed by atoms with Crippen LogP contribution in [0.25, 0.3) is 0 Å². The normalized spacial score (nSPS) is 11.3. The van der Waals surface area contributed by atoms with E-state index >= 15 is 0 Å². The lowest BCUT2D eigenvalue weighted by atomic mass is 10.2. The van der Waals surface area contributed by atoms with Crippen molar-refractivity contribution in [1.82, 2.24) is 0 Å². The summed E-state index contributed by atoms with van der Waals surface area (Å²) >= 11 is 1.62. The topological polar surface area (TPSA) is 61.7 Å². The predicted octanol–water partition coefficient (Wildman–Crippen LogP) is 3.28. The quantitative estimate of drug-likeness (QED) is 0.655. The summed E-state index contributed by atoms with van der Waals surface area (Å²) in [7, 11) is 0. The summed E-state index contributed by atoms with van der Waals surface area (Å²) in [6.07, 6.45) is 0. The van der Waals surface area contributed by atoms with Crippen molar-refractivity contribution in [2.75, 3.05) is 5.43 Å². The first-order valence-corrected chi connectivity index (χ1v) is 6.22. The Morgan fingerprint density at radius 1 is 1.28 bits per heavy atom. The van der Waals surface area contributed by atoms with Gasteiger partial charge in [0.05, 0.1) is 17.0 Å². The van der Waals surface area contributed by atoms with Gasteiger partial charge in [0, 0.05) is 4.88 Å². The molecule has 0 aliphatic heterocycles. The van der Waals surface area contributed by atoms with Gasteiger partial charge in [0.1, 0.15) is 0 Å². The van der Waals surface area contributed by atoms with Crippen LogP contribution in [0.5, 0.6) is 0 Å². The number of aromatic carboxylic acids is 1. The van der Waals surface area contributed by atoms with Crippen molar-refractivity contribution in [3.05, 3.63) is 52.2 Å². The van der Waals surface area contributed by atoms with Crippen LogP contribution < -0.4 is 5.43 Å². The Labute approximate surface area is 109 Å². The number of nitrogens with one attached hydrogen (secondary N) is 1. The van der Waals surface area contributed by atoms with Crippen LogP contribution >= 0.6 is 11.3 Å². The second-order valence-corrected chi connectivity index (χ2v) is 4.62. The van der Waals surface area contributed by atoms with Crippen molar-refractivity contribution >= 4 is 28.7 Å². The van der Waals surface area contributed by atoms with E-state index in [0.717, 1.165) is 16.3 Å². The van der Waals surface area contributed by atoms with E-state index in [2.05, 4.69) is 10.5 Å². The van der Waals surface area contributed by atoms with Gasteiger partial charge in [0.15, 0.2) is 0 Å². The molecule has 0 amide bonds. The van der Waals surface area contributed by atoms with Crippen LogP contribution in [0.1, 0.15) is 22.2 Å². The van der Waals surface area contributed by atoms with Crippen LogP contribution in [0.2, 0.25) is 0 Å². The molecule has 2 rings (SSSR count). The highest BCUT2D eigenvalue weighted by atomic mass is 32.1. The Balaban J connectivity index is 2.06. The van der Waals surface area contributed by atoms with Gasteiger partial charge in [-0.3, -0.25) is 5.43 Å².